The molecule has 0 fully saturated rings. The second-order valence-electron chi connectivity index (χ2n) is 4.93. The molecular weight excluding hydrogens is 238 g/mol. The Hall–Kier alpha value is -2.16. The fourth-order valence-electron chi connectivity index (χ4n) is 2.78. The van der Waals surface area contributed by atoms with E-state index in [1.807, 2.05) is 54.6 Å². The van der Waals surface area contributed by atoms with E-state index in [0.29, 0.717) is 6.42 Å². The van der Waals surface area contributed by atoms with Crippen LogP contribution >= 0.6 is 0 Å². The number of fused-ring (bicyclic) bond motifs is 1. The van der Waals surface area contributed by atoms with Gasteiger partial charge in [0.15, 0.2) is 0 Å². The van der Waals surface area contributed by atoms with Crippen molar-refractivity contribution >= 4 is 11.7 Å². The summed E-state index contributed by atoms with van der Waals surface area (Å²) in [6, 6.07) is 9.86. The zero-order valence-corrected chi connectivity index (χ0v) is 10.4. The molecule has 0 aromatic heterocycles. The second kappa shape index (κ2) is 4.84. The Morgan fingerprint density at radius 3 is 2.74 bits per heavy atom. The summed E-state index contributed by atoms with van der Waals surface area (Å²) >= 11 is 0. The first kappa shape index (κ1) is 11.9. The average Bonchev–Trinajstić information content (AvgIpc) is 2.47. The van der Waals surface area contributed by atoms with E-state index in [-0.39, 0.29) is 17.9 Å². The predicted octanol–water partition coefficient (Wildman–Crippen LogP) is 3.02. The molecule has 1 aromatic carbocycles. The van der Waals surface area contributed by atoms with Crippen molar-refractivity contribution in [2.75, 3.05) is 0 Å². The van der Waals surface area contributed by atoms with Gasteiger partial charge in [0.1, 0.15) is 0 Å². The number of nitrogens with zero attached hydrogens (tertiary/aromatic N) is 1. The molecule has 0 saturated heterocycles. The van der Waals surface area contributed by atoms with Crippen LogP contribution in [0.15, 0.2) is 59.6 Å². The van der Waals surface area contributed by atoms with E-state index in [1.165, 1.54) is 0 Å². The van der Waals surface area contributed by atoms with Crippen molar-refractivity contribution < 1.29 is 9.90 Å². The molecule has 1 aliphatic heterocycles. The van der Waals surface area contributed by atoms with E-state index in [2.05, 4.69) is 0 Å². The van der Waals surface area contributed by atoms with Crippen molar-refractivity contribution in [3.63, 3.8) is 0 Å². The topological polar surface area (TPSA) is 49.7 Å². The lowest BCUT2D eigenvalue weighted by Gasteiger charge is -2.31. The minimum Gasteiger partial charge on any atom is -0.481 e. The normalized spacial score (nSPS) is 28.6. The zero-order valence-electron chi connectivity index (χ0n) is 10.4. The molecule has 0 spiro atoms. The van der Waals surface area contributed by atoms with E-state index in [0.717, 1.165) is 11.3 Å². The number of carboxylic acid groups (broad SMARTS) is 1. The summed E-state index contributed by atoms with van der Waals surface area (Å²) in [7, 11) is 0. The number of hydrogen-bond donors (Lipinski definition) is 1. The highest BCUT2D eigenvalue weighted by atomic mass is 16.4. The highest BCUT2D eigenvalue weighted by Crippen LogP contribution is 2.37. The Balaban J connectivity index is 1.98. The van der Waals surface area contributed by atoms with Crippen molar-refractivity contribution in [1.82, 2.24) is 0 Å². The molecule has 1 N–H and O–H groups in total. The molecule has 0 radical (unpaired) electrons. The van der Waals surface area contributed by atoms with Gasteiger partial charge < -0.3 is 5.11 Å². The third-order valence-corrected chi connectivity index (χ3v) is 3.76. The SMILES string of the molecule is O=C(O)C1CC(c2ccccc2)N=C2C=CC=CC21. The molecule has 3 rings (SSSR count). The smallest absolute Gasteiger partial charge is 0.307 e. The first-order chi connectivity index (χ1) is 9.25. The number of hydrogen-bond acceptors (Lipinski definition) is 2. The summed E-state index contributed by atoms with van der Waals surface area (Å²) in [6.45, 7) is 0. The van der Waals surface area contributed by atoms with Crippen LogP contribution in [-0.4, -0.2) is 16.8 Å². The molecule has 96 valence electrons. The van der Waals surface area contributed by atoms with Gasteiger partial charge in [-0.15, -0.1) is 0 Å². The molecule has 1 heterocycles. The van der Waals surface area contributed by atoms with Crippen LogP contribution in [0.4, 0.5) is 0 Å². The molecule has 3 heteroatoms. The number of aliphatic imine (C=N–C) groups is 1. The quantitative estimate of drug-likeness (QED) is 0.880. The van der Waals surface area contributed by atoms with Gasteiger partial charge in [-0.1, -0.05) is 48.6 Å². The Kier molecular flexibility index (Phi) is 3.03. The number of carboxylic acids is 1. The third kappa shape index (κ3) is 2.24. The monoisotopic (exact) mass is 253 g/mol. The van der Waals surface area contributed by atoms with E-state index in [1.54, 1.807) is 0 Å². The number of rotatable bonds is 2. The fraction of sp³-hybridized carbons (Fsp3) is 0.250. The van der Waals surface area contributed by atoms with E-state index < -0.39 is 5.97 Å². The maximum Gasteiger partial charge on any atom is 0.307 e. The molecule has 19 heavy (non-hydrogen) atoms. The Morgan fingerprint density at radius 1 is 1.21 bits per heavy atom. The van der Waals surface area contributed by atoms with Gasteiger partial charge in [-0.25, -0.2) is 0 Å². The molecule has 3 unspecified atom stereocenters. The molecule has 1 aromatic rings. The van der Waals surface area contributed by atoms with Crippen LogP contribution in [0.3, 0.4) is 0 Å². The van der Waals surface area contributed by atoms with Crippen molar-refractivity contribution in [3.8, 4) is 0 Å². The van der Waals surface area contributed by atoms with Gasteiger partial charge in [0, 0.05) is 11.6 Å². The van der Waals surface area contributed by atoms with Gasteiger partial charge in [-0.3, -0.25) is 9.79 Å². The second-order valence-corrected chi connectivity index (χ2v) is 4.93. The Morgan fingerprint density at radius 2 is 2.00 bits per heavy atom. The Bertz CT molecular complexity index is 572. The fourth-order valence-corrected chi connectivity index (χ4v) is 2.78. The molecule has 0 amide bonds. The first-order valence-electron chi connectivity index (χ1n) is 6.46. The summed E-state index contributed by atoms with van der Waals surface area (Å²) in [4.78, 5) is 16.2. The molecule has 2 aliphatic rings. The van der Waals surface area contributed by atoms with Crippen LogP contribution in [0, 0.1) is 11.8 Å². The standard InChI is InChI=1S/C16H15NO2/c18-16(19)13-10-15(11-6-2-1-3-7-11)17-14-9-5-4-8-12(13)14/h1-9,12-13,15H,10H2,(H,18,19). The molecule has 1 aliphatic carbocycles. The highest BCUT2D eigenvalue weighted by molar-refractivity contribution is 6.02. The van der Waals surface area contributed by atoms with Gasteiger partial charge in [-0.05, 0) is 18.1 Å². The van der Waals surface area contributed by atoms with Crippen molar-refractivity contribution in [2.24, 2.45) is 16.8 Å². The molecule has 0 bridgehead atoms. The minimum atomic E-state index is -0.738. The minimum absolute atomic E-state index is 0.0512. The van der Waals surface area contributed by atoms with Crippen LogP contribution in [0.25, 0.3) is 0 Å². The number of carbonyl (C=O) groups is 1. The lowest BCUT2D eigenvalue weighted by molar-refractivity contribution is -0.142. The van der Waals surface area contributed by atoms with Crippen LogP contribution in [-0.2, 0) is 4.79 Å². The summed E-state index contributed by atoms with van der Waals surface area (Å²) in [5.41, 5.74) is 1.97. The van der Waals surface area contributed by atoms with E-state index in [9.17, 15) is 9.90 Å². The van der Waals surface area contributed by atoms with Crippen molar-refractivity contribution in [3.05, 3.63) is 60.2 Å². The summed E-state index contributed by atoms with van der Waals surface area (Å²) in [5.74, 6) is -1.21. The predicted molar refractivity (Wildman–Crippen MR) is 74.1 cm³/mol. The summed E-state index contributed by atoms with van der Waals surface area (Å²) in [6.07, 6.45) is 8.25. The van der Waals surface area contributed by atoms with Crippen LogP contribution in [0.5, 0.6) is 0 Å². The van der Waals surface area contributed by atoms with Gasteiger partial charge in [-0.2, -0.15) is 0 Å². The summed E-state index contributed by atoms with van der Waals surface area (Å²) < 4.78 is 0. The molecular formula is C16H15NO2. The van der Waals surface area contributed by atoms with Gasteiger partial charge in [0.2, 0.25) is 0 Å². The molecule has 3 atom stereocenters. The maximum atomic E-state index is 11.5. The third-order valence-electron chi connectivity index (χ3n) is 3.76. The zero-order chi connectivity index (χ0) is 13.2. The molecule has 0 saturated carbocycles. The van der Waals surface area contributed by atoms with Crippen LogP contribution in [0.1, 0.15) is 18.0 Å². The largest absolute Gasteiger partial charge is 0.481 e. The van der Waals surface area contributed by atoms with Gasteiger partial charge in [0.05, 0.1) is 12.0 Å². The van der Waals surface area contributed by atoms with E-state index in [4.69, 9.17) is 4.99 Å². The first-order valence-corrected chi connectivity index (χ1v) is 6.46. The molecule has 3 nitrogen and oxygen atoms in total. The summed E-state index contributed by atoms with van der Waals surface area (Å²) in [5, 5.41) is 9.43. The maximum absolute atomic E-state index is 11.5. The highest BCUT2D eigenvalue weighted by Gasteiger charge is 2.36. The van der Waals surface area contributed by atoms with Crippen LogP contribution < -0.4 is 0 Å². The number of benzene rings is 1. The van der Waals surface area contributed by atoms with Gasteiger partial charge in [0.25, 0.3) is 0 Å². The van der Waals surface area contributed by atoms with Crippen LogP contribution in [0.2, 0.25) is 0 Å². The lowest BCUT2D eigenvalue weighted by Crippen LogP contribution is -2.34. The van der Waals surface area contributed by atoms with E-state index >= 15 is 0 Å². The van der Waals surface area contributed by atoms with Crippen molar-refractivity contribution in [1.29, 1.82) is 0 Å². The lowest BCUT2D eigenvalue weighted by atomic mass is 9.77. The number of allylic oxidation sites excluding steroid dienone is 4. The number of aliphatic carboxylic acids is 1. The van der Waals surface area contributed by atoms with Gasteiger partial charge >= 0.3 is 5.97 Å². The van der Waals surface area contributed by atoms with Crippen molar-refractivity contribution in [2.45, 2.75) is 12.5 Å². The Labute approximate surface area is 112 Å². The average molecular weight is 253 g/mol.